The van der Waals surface area contributed by atoms with Crippen molar-refractivity contribution in [3.63, 3.8) is 0 Å². The molecule has 0 saturated carbocycles. The number of nitrogens with two attached hydrogens (primary N) is 1. The quantitative estimate of drug-likeness (QED) is 0.711. The third kappa shape index (κ3) is 3.39. The van der Waals surface area contributed by atoms with Gasteiger partial charge in [0.05, 0.1) is 37.6 Å². The second kappa shape index (κ2) is 7.16. The van der Waals surface area contributed by atoms with Gasteiger partial charge in [0.1, 0.15) is 5.82 Å². The van der Waals surface area contributed by atoms with E-state index in [1.54, 1.807) is 24.3 Å². The highest BCUT2D eigenvalue weighted by molar-refractivity contribution is 5.99. The first-order valence-corrected chi connectivity index (χ1v) is 8.68. The Morgan fingerprint density at radius 3 is 2.85 bits per heavy atom. The van der Waals surface area contributed by atoms with Crippen LogP contribution in [-0.4, -0.2) is 27.7 Å². The van der Waals surface area contributed by atoms with Crippen LogP contribution in [0.3, 0.4) is 0 Å². The number of benzene rings is 1. The van der Waals surface area contributed by atoms with E-state index in [-0.39, 0.29) is 12.5 Å². The number of fused-ring (bicyclic) bond motifs is 3. The Kier molecular flexibility index (Phi) is 4.55. The van der Waals surface area contributed by atoms with Gasteiger partial charge in [-0.05, 0) is 36.8 Å². The predicted octanol–water partition coefficient (Wildman–Crippen LogP) is 1.97. The van der Waals surface area contributed by atoms with Crippen LogP contribution in [-0.2, 0) is 24.5 Å². The van der Waals surface area contributed by atoms with Gasteiger partial charge in [-0.15, -0.1) is 5.10 Å². The van der Waals surface area contributed by atoms with Crippen LogP contribution in [0.15, 0.2) is 30.3 Å². The maximum Gasteiger partial charge on any atom is 0.251 e. The van der Waals surface area contributed by atoms with Gasteiger partial charge in [0, 0.05) is 22.6 Å². The summed E-state index contributed by atoms with van der Waals surface area (Å²) in [5, 5.41) is 11.7. The lowest BCUT2D eigenvalue weighted by atomic mass is 10.0. The monoisotopic (exact) mass is 365 g/mol. The normalized spacial score (nSPS) is 12.8. The maximum absolute atomic E-state index is 12.5. The van der Waals surface area contributed by atoms with Gasteiger partial charge in [-0.3, -0.25) is 4.79 Å². The molecule has 0 radical (unpaired) electrons. The first-order valence-electron chi connectivity index (χ1n) is 8.68. The fourth-order valence-electron chi connectivity index (χ4n) is 3.05. The minimum absolute atomic E-state index is 0.197. The van der Waals surface area contributed by atoms with Crippen LogP contribution in [0.25, 0.3) is 10.9 Å². The molecule has 138 valence electrons. The SMILES string of the molecule is CCOc1ccc(CNC(=O)c2ccc3nc(N)c4c(c3c2)COC4)nn1. The molecule has 0 aliphatic carbocycles. The van der Waals surface area contributed by atoms with Crippen molar-refractivity contribution in [1.29, 1.82) is 0 Å². The lowest BCUT2D eigenvalue weighted by molar-refractivity contribution is 0.0950. The second-order valence-electron chi connectivity index (χ2n) is 6.16. The minimum atomic E-state index is -0.197. The molecule has 2 aromatic heterocycles. The number of nitrogen functional groups attached to an aromatic ring is 1. The molecule has 4 rings (SSSR count). The molecule has 3 N–H and O–H groups in total. The molecular weight excluding hydrogens is 346 g/mol. The van der Waals surface area contributed by atoms with Crippen LogP contribution in [0, 0.1) is 0 Å². The summed E-state index contributed by atoms with van der Waals surface area (Å²) in [6.07, 6.45) is 0. The summed E-state index contributed by atoms with van der Waals surface area (Å²) in [5.41, 5.74) is 9.84. The Hall–Kier alpha value is -3.26. The third-order valence-electron chi connectivity index (χ3n) is 4.41. The molecule has 3 aromatic rings. The molecule has 3 heterocycles. The van der Waals surface area contributed by atoms with Crippen molar-refractivity contribution >= 4 is 22.6 Å². The number of ether oxygens (including phenoxy) is 2. The van der Waals surface area contributed by atoms with E-state index in [1.807, 2.05) is 13.0 Å². The number of hydrogen-bond donors (Lipinski definition) is 2. The highest BCUT2D eigenvalue weighted by Crippen LogP contribution is 2.31. The first kappa shape index (κ1) is 17.2. The molecule has 8 nitrogen and oxygen atoms in total. The molecule has 0 unspecified atom stereocenters. The number of rotatable bonds is 5. The average molecular weight is 365 g/mol. The highest BCUT2D eigenvalue weighted by atomic mass is 16.5. The molecule has 1 aliphatic heterocycles. The molecular formula is C19H19N5O3. The van der Waals surface area contributed by atoms with Crippen molar-refractivity contribution in [3.05, 3.63) is 52.7 Å². The molecule has 27 heavy (non-hydrogen) atoms. The molecule has 1 aromatic carbocycles. The lowest BCUT2D eigenvalue weighted by Crippen LogP contribution is -2.23. The van der Waals surface area contributed by atoms with Crippen LogP contribution < -0.4 is 15.8 Å². The number of nitrogens with one attached hydrogen (secondary N) is 1. The Balaban J connectivity index is 1.52. The molecule has 8 heteroatoms. The molecule has 0 saturated heterocycles. The van der Waals surface area contributed by atoms with E-state index in [0.29, 0.717) is 42.8 Å². The third-order valence-corrected chi connectivity index (χ3v) is 4.41. The predicted molar refractivity (Wildman–Crippen MR) is 99.0 cm³/mol. The molecule has 0 fully saturated rings. The van der Waals surface area contributed by atoms with Gasteiger partial charge in [-0.2, -0.15) is 5.10 Å². The summed E-state index contributed by atoms with van der Waals surface area (Å²) in [6.45, 7) is 3.62. The number of aromatic nitrogens is 3. The summed E-state index contributed by atoms with van der Waals surface area (Å²) < 4.78 is 10.7. The Morgan fingerprint density at radius 2 is 2.07 bits per heavy atom. The maximum atomic E-state index is 12.5. The van der Waals surface area contributed by atoms with Crippen LogP contribution >= 0.6 is 0 Å². The minimum Gasteiger partial charge on any atom is -0.477 e. The number of carbonyl (C=O) groups excluding carboxylic acids is 1. The second-order valence-corrected chi connectivity index (χ2v) is 6.16. The Labute approximate surface area is 155 Å². The average Bonchev–Trinajstić information content (AvgIpc) is 3.18. The van der Waals surface area contributed by atoms with Gasteiger partial charge in [0.2, 0.25) is 5.88 Å². The summed E-state index contributed by atoms with van der Waals surface area (Å²) >= 11 is 0. The number of carbonyl (C=O) groups is 1. The van der Waals surface area contributed by atoms with Crippen LogP contribution in [0.1, 0.15) is 34.1 Å². The van der Waals surface area contributed by atoms with Gasteiger partial charge in [-0.1, -0.05) is 0 Å². The van der Waals surface area contributed by atoms with E-state index >= 15 is 0 Å². The number of amides is 1. The van der Waals surface area contributed by atoms with Crippen molar-refractivity contribution in [3.8, 4) is 5.88 Å². The van der Waals surface area contributed by atoms with Crippen molar-refractivity contribution in [2.75, 3.05) is 12.3 Å². The zero-order chi connectivity index (χ0) is 18.8. The van der Waals surface area contributed by atoms with Gasteiger partial charge < -0.3 is 20.5 Å². The van der Waals surface area contributed by atoms with Gasteiger partial charge >= 0.3 is 0 Å². The number of pyridine rings is 1. The van der Waals surface area contributed by atoms with Crippen molar-refractivity contribution in [1.82, 2.24) is 20.5 Å². The van der Waals surface area contributed by atoms with E-state index in [4.69, 9.17) is 15.2 Å². The largest absolute Gasteiger partial charge is 0.477 e. The summed E-state index contributed by atoms with van der Waals surface area (Å²) in [7, 11) is 0. The van der Waals surface area contributed by atoms with Crippen molar-refractivity contribution in [2.24, 2.45) is 0 Å². The summed E-state index contributed by atoms with van der Waals surface area (Å²) in [4.78, 5) is 16.9. The Morgan fingerprint density at radius 1 is 1.22 bits per heavy atom. The van der Waals surface area contributed by atoms with E-state index in [1.165, 1.54) is 0 Å². The van der Waals surface area contributed by atoms with Gasteiger partial charge in [0.25, 0.3) is 5.91 Å². The highest BCUT2D eigenvalue weighted by Gasteiger charge is 2.20. The standard InChI is InChI=1S/C19H19N5O3/c1-2-27-17-6-4-12(23-24-17)8-21-19(25)11-3-5-16-13(7-11)14-9-26-10-15(14)18(20)22-16/h3-7H,2,8-10H2,1H3,(H2,20,22)(H,21,25). The van der Waals surface area contributed by atoms with Gasteiger partial charge in [-0.25, -0.2) is 4.98 Å². The van der Waals surface area contributed by atoms with Crippen LogP contribution in [0.2, 0.25) is 0 Å². The topological polar surface area (TPSA) is 112 Å². The zero-order valence-electron chi connectivity index (χ0n) is 14.9. The first-order chi connectivity index (χ1) is 13.2. The zero-order valence-corrected chi connectivity index (χ0v) is 14.9. The van der Waals surface area contributed by atoms with E-state index < -0.39 is 0 Å². The number of hydrogen-bond acceptors (Lipinski definition) is 7. The summed E-state index contributed by atoms with van der Waals surface area (Å²) in [6, 6.07) is 8.86. The Bertz CT molecular complexity index is 1000. The summed E-state index contributed by atoms with van der Waals surface area (Å²) in [5.74, 6) is 0.753. The van der Waals surface area contributed by atoms with Gasteiger partial charge in [0.15, 0.2) is 0 Å². The van der Waals surface area contributed by atoms with Crippen molar-refractivity contribution in [2.45, 2.75) is 26.7 Å². The molecule has 0 atom stereocenters. The van der Waals surface area contributed by atoms with E-state index in [9.17, 15) is 4.79 Å². The molecule has 1 aliphatic rings. The lowest BCUT2D eigenvalue weighted by Gasteiger charge is -2.09. The van der Waals surface area contributed by atoms with Crippen LogP contribution in [0.4, 0.5) is 5.82 Å². The smallest absolute Gasteiger partial charge is 0.251 e. The molecule has 0 bridgehead atoms. The van der Waals surface area contributed by atoms with E-state index in [2.05, 4.69) is 20.5 Å². The number of anilines is 1. The number of nitrogens with zero attached hydrogens (tertiary/aromatic N) is 3. The fraction of sp³-hybridized carbons (Fsp3) is 0.263. The van der Waals surface area contributed by atoms with E-state index in [0.717, 1.165) is 22.0 Å². The molecule has 0 spiro atoms. The fourth-order valence-corrected chi connectivity index (χ4v) is 3.05. The van der Waals surface area contributed by atoms with Crippen LogP contribution in [0.5, 0.6) is 5.88 Å². The van der Waals surface area contributed by atoms with Crippen molar-refractivity contribution < 1.29 is 14.3 Å². The molecule has 1 amide bonds.